The maximum Gasteiger partial charge on any atom is 0.232 e. The summed E-state index contributed by atoms with van der Waals surface area (Å²) in [5, 5.41) is 10.8. The van der Waals surface area contributed by atoms with Gasteiger partial charge in [-0.15, -0.1) is 0 Å². The van der Waals surface area contributed by atoms with Crippen LogP contribution in [-0.2, 0) is 6.54 Å². The summed E-state index contributed by atoms with van der Waals surface area (Å²) in [6, 6.07) is 20.0. The van der Waals surface area contributed by atoms with Gasteiger partial charge >= 0.3 is 0 Å². The Labute approximate surface area is 208 Å². The first-order valence-corrected chi connectivity index (χ1v) is 12.4. The normalized spacial score (nSPS) is 14.3. The number of aryl methyl sites for hydroxylation is 1. The first-order valence-electron chi connectivity index (χ1n) is 12.4. The molecular weight excluding hydrogens is 434 g/mol. The number of hydrogen-bond donors (Lipinski definition) is 1. The predicted molar refractivity (Wildman–Crippen MR) is 143 cm³/mol. The van der Waals surface area contributed by atoms with Gasteiger partial charge in [-0.3, -0.25) is 9.69 Å². The maximum atomic E-state index is 13.3. The number of nitrogens with zero attached hydrogens (tertiary/aromatic N) is 1. The summed E-state index contributed by atoms with van der Waals surface area (Å²) >= 11 is 0. The SMILES string of the molecule is Cc1cc(O)c(CN(CC(C)C)CC(C)C)c2c1C(=O)/C(=C\c1ccc(-c3ccccc3)cc1)O2. The van der Waals surface area contributed by atoms with Gasteiger partial charge < -0.3 is 9.84 Å². The molecule has 3 aromatic carbocycles. The molecule has 1 heterocycles. The molecular formula is C31H35NO3. The number of carbonyl (C=O) groups is 1. The van der Waals surface area contributed by atoms with Crippen molar-refractivity contribution in [1.82, 2.24) is 4.90 Å². The van der Waals surface area contributed by atoms with Gasteiger partial charge in [0.1, 0.15) is 11.5 Å². The Kier molecular flexibility index (Phi) is 7.42. The fourth-order valence-corrected chi connectivity index (χ4v) is 4.75. The van der Waals surface area contributed by atoms with E-state index in [1.165, 1.54) is 0 Å². The fourth-order valence-electron chi connectivity index (χ4n) is 4.75. The quantitative estimate of drug-likeness (QED) is 0.358. The lowest BCUT2D eigenvalue weighted by atomic mass is 9.98. The Morgan fingerprint density at radius 1 is 0.914 bits per heavy atom. The topological polar surface area (TPSA) is 49.8 Å². The third-order valence-electron chi connectivity index (χ3n) is 6.16. The average molecular weight is 470 g/mol. The Balaban J connectivity index is 1.63. The highest BCUT2D eigenvalue weighted by atomic mass is 16.5. The van der Waals surface area contributed by atoms with E-state index in [9.17, 15) is 9.90 Å². The van der Waals surface area contributed by atoms with Crippen LogP contribution in [0.15, 0.2) is 66.4 Å². The number of rotatable bonds is 8. The van der Waals surface area contributed by atoms with Crippen LogP contribution in [0.5, 0.6) is 11.5 Å². The van der Waals surface area contributed by atoms with E-state index in [4.69, 9.17) is 4.74 Å². The van der Waals surface area contributed by atoms with Crippen LogP contribution in [0.1, 0.15) is 54.7 Å². The molecule has 0 bridgehead atoms. The minimum absolute atomic E-state index is 0.134. The van der Waals surface area contributed by atoms with Crippen LogP contribution in [0, 0.1) is 18.8 Å². The molecule has 0 unspecified atom stereocenters. The molecule has 1 N–H and O–H groups in total. The highest BCUT2D eigenvalue weighted by molar-refractivity contribution is 6.15. The molecule has 0 aromatic heterocycles. The van der Waals surface area contributed by atoms with E-state index in [1.807, 2.05) is 49.4 Å². The predicted octanol–water partition coefficient (Wildman–Crippen LogP) is 7.10. The van der Waals surface area contributed by atoms with E-state index >= 15 is 0 Å². The number of ketones is 1. The monoisotopic (exact) mass is 469 g/mol. The smallest absolute Gasteiger partial charge is 0.232 e. The molecule has 0 spiro atoms. The van der Waals surface area contributed by atoms with Gasteiger partial charge in [0, 0.05) is 19.6 Å². The summed E-state index contributed by atoms with van der Waals surface area (Å²) in [7, 11) is 0. The third-order valence-corrected chi connectivity index (χ3v) is 6.16. The van der Waals surface area contributed by atoms with E-state index in [0.29, 0.717) is 41.0 Å². The van der Waals surface area contributed by atoms with Crippen molar-refractivity contribution in [3.8, 4) is 22.6 Å². The van der Waals surface area contributed by atoms with Crippen molar-refractivity contribution in [2.45, 2.75) is 41.2 Å². The molecule has 182 valence electrons. The molecule has 0 amide bonds. The van der Waals surface area contributed by atoms with Crippen LogP contribution >= 0.6 is 0 Å². The lowest BCUT2D eigenvalue weighted by Gasteiger charge is -2.27. The molecule has 0 atom stereocenters. The van der Waals surface area contributed by atoms with Crippen molar-refractivity contribution in [2.24, 2.45) is 11.8 Å². The minimum atomic E-state index is -0.134. The van der Waals surface area contributed by atoms with Crippen LogP contribution in [0.2, 0.25) is 0 Å². The first kappa shape index (κ1) is 24.7. The standard InChI is InChI=1S/C31H35NO3/c1-20(2)17-32(18-21(3)4)19-26-27(33)15-22(5)29-30(34)28(35-31(26)29)16-23-11-13-25(14-12-23)24-9-7-6-8-10-24/h6-16,20-21,33H,17-19H2,1-5H3/b28-16+. The van der Waals surface area contributed by atoms with Crippen molar-refractivity contribution >= 4 is 11.9 Å². The summed E-state index contributed by atoms with van der Waals surface area (Å²) < 4.78 is 6.17. The van der Waals surface area contributed by atoms with Gasteiger partial charge in [-0.25, -0.2) is 0 Å². The third kappa shape index (κ3) is 5.66. The number of benzene rings is 3. The van der Waals surface area contributed by atoms with Crippen molar-refractivity contribution in [3.05, 3.63) is 88.7 Å². The average Bonchev–Trinajstić information content (AvgIpc) is 3.13. The molecule has 35 heavy (non-hydrogen) atoms. The van der Waals surface area contributed by atoms with Crippen LogP contribution in [-0.4, -0.2) is 28.9 Å². The molecule has 3 aromatic rings. The molecule has 0 saturated carbocycles. The zero-order valence-electron chi connectivity index (χ0n) is 21.3. The lowest BCUT2D eigenvalue weighted by molar-refractivity contribution is 0.101. The van der Waals surface area contributed by atoms with Crippen LogP contribution in [0.3, 0.4) is 0 Å². The molecule has 4 rings (SSSR count). The van der Waals surface area contributed by atoms with Crippen molar-refractivity contribution in [3.63, 3.8) is 0 Å². The van der Waals surface area contributed by atoms with Gasteiger partial charge in [-0.1, -0.05) is 82.3 Å². The van der Waals surface area contributed by atoms with Gasteiger partial charge in [0.25, 0.3) is 0 Å². The summed E-state index contributed by atoms with van der Waals surface area (Å²) in [5.41, 5.74) is 5.13. The highest BCUT2D eigenvalue weighted by Crippen LogP contribution is 2.42. The number of hydrogen-bond acceptors (Lipinski definition) is 4. The zero-order chi connectivity index (χ0) is 25.1. The molecule has 0 saturated heterocycles. The molecule has 0 radical (unpaired) electrons. The Morgan fingerprint density at radius 2 is 1.51 bits per heavy atom. The maximum absolute atomic E-state index is 13.3. The number of allylic oxidation sites excluding steroid dienone is 1. The van der Waals surface area contributed by atoms with Gasteiger partial charge in [0.15, 0.2) is 5.76 Å². The number of aromatic hydroxyl groups is 1. The van der Waals surface area contributed by atoms with Gasteiger partial charge in [-0.2, -0.15) is 0 Å². The molecule has 1 aliphatic rings. The van der Waals surface area contributed by atoms with Crippen LogP contribution in [0.4, 0.5) is 0 Å². The Hall–Kier alpha value is -3.37. The molecule has 1 aliphatic heterocycles. The minimum Gasteiger partial charge on any atom is -0.507 e. The number of carbonyl (C=O) groups excluding carboxylic acids is 1. The molecule has 4 heteroatoms. The summed E-state index contributed by atoms with van der Waals surface area (Å²) in [5.74, 6) is 1.82. The van der Waals surface area contributed by atoms with E-state index in [2.05, 4.69) is 44.7 Å². The van der Waals surface area contributed by atoms with Gasteiger partial charge in [0.05, 0.1) is 11.1 Å². The number of phenols is 1. The van der Waals surface area contributed by atoms with Crippen molar-refractivity contribution < 1.29 is 14.6 Å². The van der Waals surface area contributed by atoms with E-state index in [-0.39, 0.29) is 11.5 Å². The van der Waals surface area contributed by atoms with Gasteiger partial charge in [-0.05, 0) is 53.2 Å². The number of ether oxygens (including phenoxy) is 1. The van der Waals surface area contributed by atoms with Gasteiger partial charge in [0.2, 0.25) is 5.78 Å². The first-order chi connectivity index (χ1) is 16.7. The van der Waals surface area contributed by atoms with E-state index < -0.39 is 0 Å². The second kappa shape index (κ2) is 10.5. The van der Waals surface area contributed by atoms with E-state index in [1.54, 1.807) is 12.1 Å². The Morgan fingerprint density at radius 3 is 2.11 bits per heavy atom. The highest BCUT2D eigenvalue weighted by Gasteiger charge is 2.33. The van der Waals surface area contributed by atoms with Crippen LogP contribution < -0.4 is 4.74 Å². The number of phenolic OH excluding ortho intramolecular Hbond substituents is 1. The summed E-state index contributed by atoms with van der Waals surface area (Å²) in [6.07, 6.45) is 1.79. The molecule has 0 aliphatic carbocycles. The largest absolute Gasteiger partial charge is 0.507 e. The molecule has 4 nitrogen and oxygen atoms in total. The van der Waals surface area contributed by atoms with Crippen molar-refractivity contribution in [2.75, 3.05) is 13.1 Å². The number of Topliss-reactive ketones (excluding diaryl/α,β-unsaturated/α-hetero) is 1. The fraction of sp³-hybridized carbons (Fsp3) is 0.323. The second-order valence-corrected chi connectivity index (χ2v) is 10.3. The Bertz CT molecular complexity index is 1210. The second-order valence-electron chi connectivity index (χ2n) is 10.3. The van der Waals surface area contributed by atoms with Crippen molar-refractivity contribution in [1.29, 1.82) is 0 Å². The lowest BCUT2D eigenvalue weighted by Crippen LogP contribution is -2.31. The van der Waals surface area contributed by atoms with Crippen LogP contribution in [0.25, 0.3) is 17.2 Å². The number of fused-ring (bicyclic) bond motifs is 1. The summed E-state index contributed by atoms with van der Waals surface area (Å²) in [6.45, 7) is 13.0. The summed E-state index contributed by atoms with van der Waals surface area (Å²) in [4.78, 5) is 15.7. The van der Waals surface area contributed by atoms with E-state index in [0.717, 1.165) is 35.3 Å². The molecule has 0 fully saturated rings. The zero-order valence-corrected chi connectivity index (χ0v) is 21.3.